The van der Waals surface area contributed by atoms with E-state index in [0.717, 1.165) is 0 Å². The van der Waals surface area contributed by atoms with Crippen LogP contribution in [0.3, 0.4) is 0 Å². The molecule has 2 aromatic carbocycles. The molecule has 1 saturated heterocycles. The average molecular weight is 482 g/mol. The van der Waals surface area contributed by atoms with Crippen molar-refractivity contribution in [2.24, 2.45) is 5.92 Å². The third kappa shape index (κ3) is 4.50. The lowest BCUT2D eigenvalue weighted by Crippen LogP contribution is -2.39. The highest BCUT2D eigenvalue weighted by Crippen LogP contribution is 2.31. The van der Waals surface area contributed by atoms with Gasteiger partial charge in [-0.05, 0) is 49.1 Å². The predicted molar refractivity (Wildman–Crippen MR) is 122 cm³/mol. The maximum absolute atomic E-state index is 12.9. The van der Waals surface area contributed by atoms with Gasteiger partial charge in [-0.2, -0.15) is 9.29 Å². The normalized spacial score (nSPS) is 15.9. The van der Waals surface area contributed by atoms with Crippen molar-refractivity contribution in [3.05, 3.63) is 46.4 Å². The molecule has 2 heterocycles. The maximum Gasteiger partial charge on any atom is 0.243 e. The minimum absolute atomic E-state index is 0.109. The van der Waals surface area contributed by atoms with Gasteiger partial charge in [0.05, 0.1) is 32.5 Å². The summed E-state index contributed by atoms with van der Waals surface area (Å²) in [7, 11) is -3.63. The van der Waals surface area contributed by atoms with Crippen LogP contribution in [0.2, 0.25) is 10.0 Å². The van der Waals surface area contributed by atoms with Gasteiger partial charge in [-0.3, -0.25) is 0 Å². The van der Waals surface area contributed by atoms with E-state index in [1.165, 1.54) is 22.5 Å². The molecule has 4 rings (SSSR count). The first-order valence-electron chi connectivity index (χ1n) is 9.65. The summed E-state index contributed by atoms with van der Waals surface area (Å²) in [5, 5.41) is 1.15. The van der Waals surface area contributed by atoms with Crippen LogP contribution in [-0.2, 0) is 10.0 Å². The Morgan fingerprint density at radius 2 is 1.81 bits per heavy atom. The zero-order chi connectivity index (χ0) is 22.2. The number of rotatable bonds is 5. The predicted octanol–water partition coefficient (Wildman–Crippen LogP) is 3.58. The third-order valence-electron chi connectivity index (χ3n) is 5.31. The van der Waals surface area contributed by atoms with Gasteiger partial charge in [0.1, 0.15) is 11.6 Å². The summed E-state index contributed by atoms with van der Waals surface area (Å²) in [6, 6.07) is 9.76. The Balaban J connectivity index is 1.41. The molecule has 8 nitrogen and oxygen atoms in total. The van der Waals surface area contributed by atoms with Crippen LogP contribution < -0.4 is 16.2 Å². The molecular weight excluding hydrogens is 461 g/mol. The first-order chi connectivity index (χ1) is 14.8. The number of nitrogens with zero attached hydrogens (tertiary/aromatic N) is 3. The molecule has 1 aliphatic heterocycles. The molecule has 164 valence electrons. The van der Waals surface area contributed by atoms with Crippen LogP contribution >= 0.6 is 23.2 Å². The van der Waals surface area contributed by atoms with E-state index in [9.17, 15) is 8.42 Å². The van der Waals surface area contributed by atoms with Gasteiger partial charge in [0.15, 0.2) is 0 Å². The van der Waals surface area contributed by atoms with Crippen LogP contribution in [0, 0.1) is 5.92 Å². The van der Waals surface area contributed by atoms with Crippen molar-refractivity contribution in [1.29, 1.82) is 0 Å². The van der Waals surface area contributed by atoms with E-state index in [1.807, 2.05) is 12.1 Å². The molecule has 0 aliphatic carbocycles. The second-order valence-corrected chi connectivity index (χ2v) is 10.1. The van der Waals surface area contributed by atoms with Crippen molar-refractivity contribution < 1.29 is 13.2 Å². The van der Waals surface area contributed by atoms with Gasteiger partial charge in [0.25, 0.3) is 0 Å². The number of fused-ring (bicyclic) bond motifs is 1. The maximum atomic E-state index is 12.9. The number of ether oxygens (including phenoxy) is 1. The van der Waals surface area contributed by atoms with Gasteiger partial charge in [0, 0.05) is 13.1 Å². The number of nitrogen functional groups attached to an aromatic ring is 2. The number of sulfonamides is 1. The Morgan fingerprint density at radius 3 is 2.52 bits per heavy atom. The van der Waals surface area contributed by atoms with Gasteiger partial charge in [-0.25, -0.2) is 13.4 Å². The molecule has 0 atom stereocenters. The van der Waals surface area contributed by atoms with E-state index in [4.69, 9.17) is 39.4 Å². The van der Waals surface area contributed by atoms with E-state index in [2.05, 4.69) is 9.97 Å². The van der Waals surface area contributed by atoms with Gasteiger partial charge < -0.3 is 16.2 Å². The lowest BCUT2D eigenvalue weighted by molar-refractivity contribution is 0.186. The molecule has 0 spiro atoms. The average Bonchev–Trinajstić information content (AvgIpc) is 2.74. The molecule has 0 bridgehead atoms. The van der Waals surface area contributed by atoms with E-state index < -0.39 is 10.0 Å². The molecule has 0 saturated carbocycles. The quantitative estimate of drug-likeness (QED) is 0.570. The number of hydrogen-bond donors (Lipinski definition) is 2. The molecule has 1 aromatic heterocycles. The summed E-state index contributed by atoms with van der Waals surface area (Å²) >= 11 is 11.9. The summed E-state index contributed by atoms with van der Waals surface area (Å²) < 4.78 is 33.3. The third-order valence-corrected chi connectivity index (χ3v) is 7.94. The van der Waals surface area contributed by atoms with Crippen LogP contribution in [0.5, 0.6) is 5.75 Å². The van der Waals surface area contributed by atoms with Crippen LogP contribution in [0.25, 0.3) is 10.9 Å². The second-order valence-electron chi connectivity index (χ2n) is 7.35. The number of aromatic nitrogens is 2. The summed E-state index contributed by atoms with van der Waals surface area (Å²) in [6.45, 7) is 1.23. The van der Waals surface area contributed by atoms with Crippen LogP contribution in [0.1, 0.15) is 12.8 Å². The Labute approximate surface area is 190 Å². The molecule has 31 heavy (non-hydrogen) atoms. The fraction of sp³-hybridized carbons (Fsp3) is 0.300. The molecule has 1 aliphatic rings. The summed E-state index contributed by atoms with van der Waals surface area (Å²) in [5.74, 6) is 1.16. The zero-order valence-electron chi connectivity index (χ0n) is 16.5. The van der Waals surface area contributed by atoms with Crippen molar-refractivity contribution in [2.75, 3.05) is 31.2 Å². The van der Waals surface area contributed by atoms with Gasteiger partial charge in [-0.1, -0.05) is 29.3 Å². The smallest absolute Gasteiger partial charge is 0.243 e. The van der Waals surface area contributed by atoms with Crippen LogP contribution in [0.15, 0.2) is 41.3 Å². The Kier molecular flexibility index (Phi) is 6.11. The Morgan fingerprint density at radius 1 is 1.06 bits per heavy atom. The van der Waals surface area contributed by atoms with E-state index in [-0.39, 0.29) is 27.6 Å². The van der Waals surface area contributed by atoms with Gasteiger partial charge >= 0.3 is 0 Å². The molecule has 4 N–H and O–H groups in total. The zero-order valence-corrected chi connectivity index (χ0v) is 18.8. The molecule has 0 amide bonds. The fourth-order valence-electron chi connectivity index (χ4n) is 3.63. The first kappa shape index (κ1) is 21.9. The molecule has 1 fully saturated rings. The molecule has 11 heteroatoms. The first-order valence-corrected chi connectivity index (χ1v) is 11.8. The largest absolute Gasteiger partial charge is 0.492 e. The van der Waals surface area contributed by atoms with Crippen LogP contribution in [-0.4, -0.2) is 42.4 Å². The second kappa shape index (κ2) is 8.66. The minimum Gasteiger partial charge on any atom is -0.492 e. The molecule has 0 radical (unpaired) electrons. The van der Waals surface area contributed by atoms with Crippen molar-refractivity contribution in [3.8, 4) is 5.75 Å². The number of hydrogen-bond acceptors (Lipinski definition) is 7. The highest BCUT2D eigenvalue weighted by Gasteiger charge is 2.30. The molecular formula is C20H21Cl2N5O3S. The monoisotopic (exact) mass is 481 g/mol. The summed E-state index contributed by atoms with van der Waals surface area (Å²) in [4.78, 5) is 8.33. The number of piperidine rings is 1. The number of benzene rings is 2. The topological polar surface area (TPSA) is 124 Å². The highest BCUT2D eigenvalue weighted by atomic mass is 35.5. The minimum atomic E-state index is -3.63. The van der Waals surface area contributed by atoms with Gasteiger partial charge in [0.2, 0.25) is 16.0 Å². The Hall–Kier alpha value is -2.33. The van der Waals surface area contributed by atoms with Crippen molar-refractivity contribution >= 4 is 55.9 Å². The number of halogens is 2. The number of anilines is 2. The SMILES string of the molecule is Nc1nc(N)c2c(OCC3CCN(S(=O)(=O)c4ccc(Cl)c(Cl)c4)CC3)cccc2n1. The van der Waals surface area contributed by atoms with Crippen molar-refractivity contribution in [2.45, 2.75) is 17.7 Å². The lowest BCUT2D eigenvalue weighted by atomic mass is 9.99. The Bertz CT molecular complexity index is 1230. The molecule has 3 aromatic rings. The van der Waals surface area contributed by atoms with Gasteiger partial charge in [-0.15, -0.1) is 0 Å². The lowest BCUT2D eigenvalue weighted by Gasteiger charge is -2.31. The van der Waals surface area contributed by atoms with Crippen LogP contribution in [0.4, 0.5) is 11.8 Å². The van der Waals surface area contributed by atoms with Crippen molar-refractivity contribution in [3.63, 3.8) is 0 Å². The van der Waals surface area contributed by atoms with Crippen molar-refractivity contribution in [1.82, 2.24) is 14.3 Å². The molecule has 0 unspecified atom stereocenters. The van der Waals surface area contributed by atoms with E-state index in [1.54, 1.807) is 6.07 Å². The standard InChI is InChI=1S/C20H21Cl2N5O3S/c21-14-5-4-13(10-15(14)22)31(28,29)27-8-6-12(7-9-27)11-30-17-3-1-2-16-18(17)19(23)26-20(24)25-16/h1-5,10,12H,6-9,11H2,(H4,23,24,25,26). The highest BCUT2D eigenvalue weighted by molar-refractivity contribution is 7.89. The fourth-order valence-corrected chi connectivity index (χ4v) is 5.49. The number of nitrogens with two attached hydrogens (primary N) is 2. The summed E-state index contributed by atoms with van der Waals surface area (Å²) in [6.07, 6.45) is 1.34. The van der Waals surface area contributed by atoms with E-state index >= 15 is 0 Å². The summed E-state index contributed by atoms with van der Waals surface area (Å²) in [5.41, 5.74) is 12.3. The van der Waals surface area contributed by atoms with E-state index in [0.29, 0.717) is 54.2 Å².